The van der Waals surface area contributed by atoms with Crippen molar-refractivity contribution in [2.75, 3.05) is 29.0 Å². The van der Waals surface area contributed by atoms with E-state index >= 15 is 0 Å². The Bertz CT molecular complexity index is 1150. The first-order valence-corrected chi connectivity index (χ1v) is 12.8. The summed E-state index contributed by atoms with van der Waals surface area (Å²) in [4.78, 5) is 2.24. The van der Waals surface area contributed by atoms with Crippen LogP contribution in [-0.4, -0.2) is 27.8 Å². The van der Waals surface area contributed by atoms with E-state index in [1.807, 2.05) is 18.2 Å². The molecular formula is C24H30N6O2S. The van der Waals surface area contributed by atoms with Gasteiger partial charge < -0.3 is 4.90 Å². The van der Waals surface area contributed by atoms with Gasteiger partial charge in [0, 0.05) is 18.8 Å². The van der Waals surface area contributed by atoms with Crippen molar-refractivity contribution in [2.45, 2.75) is 46.5 Å². The van der Waals surface area contributed by atoms with E-state index < -0.39 is 10.0 Å². The molecule has 0 heterocycles. The highest BCUT2D eigenvalue weighted by molar-refractivity contribution is 7.92. The van der Waals surface area contributed by atoms with E-state index in [0.717, 1.165) is 56.3 Å². The van der Waals surface area contributed by atoms with E-state index in [1.165, 1.54) is 0 Å². The molecule has 0 amide bonds. The second kappa shape index (κ2) is 12.0. The van der Waals surface area contributed by atoms with Crippen molar-refractivity contribution >= 4 is 32.8 Å². The maximum atomic E-state index is 12.0. The molecule has 2 aromatic rings. The quantitative estimate of drug-likeness (QED) is 0.411. The van der Waals surface area contributed by atoms with Crippen LogP contribution in [-0.2, 0) is 10.0 Å². The highest BCUT2D eigenvalue weighted by Gasteiger charge is 2.14. The number of rotatable bonds is 11. The van der Waals surface area contributed by atoms with Crippen molar-refractivity contribution in [2.24, 2.45) is 10.2 Å². The van der Waals surface area contributed by atoms with Gasteiger partial charge in [-0.1, -0.05) is 26.7 Å². The second-order valence-electron chi connectivity index (χ2n) is 7.90. The van der Waals surface area contributed by atoms with Crippen LogP contribution in [0.15, 0.2) is 40.6 Å². The number of azo groups is 1. The molecule has 0 aromatic heterocycles. The number of nitriles is 2. The van der Waals surface area contributed by atoms with Gasteiger partial charge in [0.2, 0.25) is 10.0 Å². The zero-order chi connectivity index (χ0) is 24.4. The minimum Gasteiger partial charge on any atom is -0.371 e. The number of anilines is 2. The summed E-state index contributed by atoms with van der Waals surface area (Å²) in [6.07, 6.45) is 5.25. The molecular weight excluding hydrogens is 436 g/mol. The maximum Gasteiger partial charge on any atom is 0.229 e. The molecule has 0 fully saturated rings. The summed E-state index contributed by atoms with van der Waals surface area (Å²) in [6.45, 7) is 7.80. The van der Waals surface area contributed by atoms with Crippen LogP contribution in [0.25, 0.3) is 0 Å². The molecule has 0 aliphatic rings. The number of benzene rings is 2. The minimum absolute atomic E-state index is 0.160. The van der Waals surface area contributed by atoms with Crippen molar-refractivity contribution in [3.63, 3.8) is 0 Å². The van der Waals surface area contributed by atoms with Crippen LogP contribution in [0.4, 0.5) is 22.7 Å². The van der Waals surface area contributed by atoms with Crippen LogP contribution in [0.3, 0.4) is 0 Å². The fourth-order valence-corrected chi connectivity index (χ4v) is 3.88. The van der Waals surface area contributed by atoms with Gasteiger partial charge in [0.25, 0.3) is 0 Å². The normalized spacial score (nSPS) is 11.2. The molecule has 0 aliphatic heterocycles. The molecule has 2 aromatic carbocycles. The fourth-order valence-electron chi connectivity index (χ4n) is 3.32. The Morgan fingerprint density at radius 1 is 0.970 bits per heavy atom. The summed E-state index contributed by atoms with van der Waals surface area (Å²) in [7, 11) is -3.57. The summed E-state index contributed by atoms with van der Waals surface area (Å²) in [5, 5.41) is 27.3. The van der Waals surface area contributed by atoms with Crippen LogP contribution >= 0.6 is 0 Å². The van der Waals surface area contributed by atoms with Crippen LogP contribution < -0.4 is 9.62 Å². The number of aryl methyl sites for hydroxylation is 1. The van der Waals surface area contributed by atoms with Crippen molar-refractivity contribution in [1.82, 2.24) is 0 Å². The number of hydrogen-bond acceptors (Lipinski definition) is 7. The minimum atomic E-state index is -3.57. The van der Waals surface area contributed by atoms with E-state index in [-0.39, 0.29) is 16.8 Å². The van der Waals surface area contributed by atoms with Crippen molar-refractivity contribution in [3.8, 4) is 12.1 Å². The lowest BCUT2D eigenvalue weighted by Gasteiger charge is -2.25. The van der Waals surface area contributed by atoms with Gasteiger partial charge in [-0.2, -0.15) is 10.5 Å². The molecule has 0 unspecified atom stereocenters. The zero-order valence-corrected chi connectivity index (χ0v) is 20.4. The first kappa shape index (κ1) is 25.8. The molecule has 33 heavy (non-hydrogen) atoms. The van der Waals surface area contributed by atoms with Gasteiger partial charge in [0.05, 0.1) is 23.1 Å². The molecule has 0 bridgehead atoms. The number of unbranched alkanes of at least 4 members (excludes halogenated alkanes) is 2. The maximum absolute atomic E-state index is 12.0. The molecule has 0 aliphatic carbocycles. The number of hydrogen-bond donors (Lipinski definition) is 1. The van der Waals surface area contributed by atoms with Gasteiger partial charge in [0.1, 0.15) is 23.5 Å². The predicted octanol–water partition coefficient (Wildman–Crippen LogP) is 5.93. The zero-order valence-electron chi connectivity index (χ0n) is 19.6. The summed E-state index contributed by atoms with van der Waals surface area (Å²) in [6, 6.07) is 12.7. The molecule has 0 radical (unpaired) electrons. The Hall–Kier alpha value is -3.43. The largest absolute Gasteiger partial charge is 0.371 e. The van der Waals surface area contributed by atoms with Gasteiger partial charge >= 0.3 is 0 Å². The molecule has 0 atom stereocenters. The molecule has 0 saturated heterocycles. The van der Waals surface area contributed by atoms with Crippen LogP contribution in [0, 0.1) is 29.6 Å². The van der Waals surface area contributed by atoms with Crippen molar-refractivity contribution in [1.29, 1.82) is 10.5 Å². The van der Waals surface area contributed by atoms with Gasteiger partial charge in [-0.3, -0.25) is 4.72 Å². The number of nitrogens with zero attached hydrogens (tertiary/aromatic N) is 5. The average Bonchev–Trinajstić information content (AvgIpc) is 2.77. The third-order valence-electron chi connectivity index (χ3n) is 4.96. The second-order valence-corrected chi connectivity index (χ2v) is 9.65. The Labute approximate surface area is 196 Å². The SMILES string of the molecule is CCCCN(CCCC)c1ccc(N=Nc2c(C#N)cc(C)cc2C#N)c(NS(C)(=O)=O)c1. The summed E-state index contributed by atoms with van der Waals surface area (Å²) in [5.41, 5.74) is 2.87. The van der Waals surface area contributed by atoms with Crippen molar-refractivity contribution < 1.29 is 8.42 Å². The first-order valence-electron chi connectivity index (χ1n) is 11.0. The monoisotopic (exact) mass is 466 g/mol. The van der Waals surface area contributed by atoms with Gasteiger partial charge in [0.15, 0.2) is 0 Å². The van der Waals surface area contributed by atoms with E-state index in [9.17, 15) is 18.9 Å². The summed E-state index contributed by atoms with van der Waals surface area (Å²) < 4.78 is 26.5. The Balaban J connectivity index is 2.53. The molecule has 2 rings (SSSR count). The van der Waals surface area contributed by atoms with Crippen molar-refractivity contribution in [3.05, 3.63) is 47.0 Å². The lowest BCUT2D eigenvalue weighted by Crippen LogP contribution is -2.25. The van der Waals surface area contributed by atoms with E-state index in [2.05, 4.69) is 33.7 Å². The predicted molar refractivity (Wildman–Crippen MR) is 132 cm³/mol. The lowest BCUT2D eigenvalue weighted by atomic mass is 10.1. The van der Waals surface area contributed by atoms with E-state index in [4.69, 9.17) is 0 Å². The smallest absolute Gasteiger partial charge is 0.229 e. The molecule has 0 saturated carbocycles. The highest BCUT2D eigenvalue weighted by atomic mass is 32.2. The fraction of sp³-hybridized carbons (Fsp3) is 0.417. The summed E-state index contributed by atoms with van der Waals surface area (Å²) in [5.74, 6) is 0. The van der Waals surface area contributed by atoms with Gasteiger partial charge in [-0.05, 0) is 55.7 Å². The molecule has 0 spiro atoms. The third kappa shape index (κ3) is 7.58. The topological polar surface area (TPSA) is 122 Å². The molecule has 1 N–H and O–H groups in total. The van der Waals surface area contributed by atoms with Gasteiger partial charge in [-0.15, -0.1) is 10.2 Å². The first-order chi connectivity index (χ1) is 15.7. The Morgan fingerprint density at radius 2 is 1.55 bits per heavy atom. The highest BCUT2D eigenvalue weighted by Crippen LogP contribution is 2.34. The number of sulfonamides is 1. The van der Waals surface area contributed by atoms with Crippen LogP contribution in [0.1, 0.15) is 56.2 Å². The summed E-state index contributed by atoms with van der Waals surface area (Å²) >= 11 is 0. The Morgan fingerprint density at radius 3 is 2.03 bits per heavy atom. The molecule has 9 heteroatoms. The van der Waals surface area contributed by atoms with E-state index in [0.29, 0.717) is 11.4 Å². The lowest BCUT2D eigenvalue weighted by molar-refractivity contribution is 0.607. The standard InChI is InChI=1S/C24H30N6O2S/c1-5-7-11-30(12-8-6-2)21-9-10-22(23(15-21)29-33(4,31)32)27-28-24-19(16-25)13-18(3)14-20(24)17-26/h9-10,13-15,29H,5-8,11-12H2,1-4H3. The van der Waals surface area contributed by atoms with E-state index in [1.54, 1.807) is 31.2 Å². The third-order valence-corrected chi connectivity index (χ3v) is 5.55. The average molecular weight is 467 g/mol. The van der Waals surface area contributed by atoms with Crippen LogP contribution in [0.2, 0.25) is 0 Å². The molecule has 174 valence electrons. The van der Waals surface area contributed by atoms with Crippen LogP contribution in [0.5, 0.6) is 0 Å². The van der Waals surface area contributed by atoms with Gasteiger partial charge in [-0.25, -0.2) is 8.42 Å². The number of nitrogens with one attached hydrogen (secondary N) is 1. The molecule has 8 nitrogen and oxygen atoms in total. The Kier molecular flexibility index (Phi) is 9.38.